The summed E-state index contributed by atoms with van der Waals surface area (Å²) in [5.74, 6) is 0. The summed E-state index contributed by atoms with van der Waals surface area (Å²) >= 11 is 1.73. The van der Waals surface area contributed by atoms with Crippen LogP contribution in [0.3, 0.4) is 0 Å². The molecule has 13 heavy (non-hydrogen) atoms. The molecule has 0 unspecified atom stereocenters. The molecule has 0 saturated carbocycles. The highest BCUT2D eigenvalue weighted by atomic mass is 32.1. The number of aryl methyl sites for hydroxylation is 1. The molecule has 0 N–H and O–H groups in total. The SMILES string of the molecule is Cc1ccc2sccc2n1.O=C=O. The van der Waals surface area contributed by atoms with Gasteiger partial charge in [-0.1, -0.05) is 0 Å². The molecule has 3 nitrogen and oxygen atoms in total. The second kappa shape index (κ2) is 4.50. The average molecular weight is 193 g/mol. The van der Waals surface area contributed by atoms with Gasteiger partial charge in [0.15, 0.2) is 0 Å². The number of fused-ring (bicyclic) bond motifs is 1. The van der Waals surface area contributed by atoms with Crippen LogP contribution >= 0.6 is 11.3 Å². The van der Waals surface area contributed by atoms with Crippen molar-refractivity contribution in [3.63, 3.8) is 0 Å². The van der Waals surface area contributed by atoms with Crippen molar-refractivity contribution in [3.8, 4) is 0 Å². The number of carbonyl (C=O) groups excluding carboxylic acids is 2. The Morgan fingerprint density at radius 1 is 1.31 bits per heavy atom. The minimum Gasteiger partial charge on any atom is -0.252 e. The van der Waals surface area contributed by atoms with Crippen LogP contribution in [0, 0.1) is 6.92 Å². The van der Waals surface area contributed by atoms with Crippen molar-refractivity contribution >= 4 is 27.7 Å². The molecule has 0 aliphatic rings. The Morgan fingerprint density at radius 2 is 2.00 bits per heavy atom. The number of hydrogen-bond donors (Lipinski definition) is 0. The summed E-state index contributed by atoms with van der Waals surface area (Å²) in [6, 6.07) is 6.20. The van der Waals surface area contributed by atoms with Gasteiger partial charge in [-0.15, -0.1) is 11.3 Å². The van der Waals surface area contributed by atoms with Gasteiger partial charge >= 0.3 is 6.15 Å². The molecule has 0 fully saturated rings. The van der Waals surface area contributed by atoms with Crippen LogP contribution in [-0.2, 0) is 9.59 Å². The highest BCUT2D eigenvalue weighted by Crippen LogP contribution is 2.17. The molecular weight excluding hydrogens is 186 g/mol. The first-order chi connectivity index (χ1) is 6.27. The van der Waals surface area contributed by atoms with E-state index in [4.69, 9.17) is 9.59 Å². The predicted molar refractivity (Wildman–Crippen MR) is 49.4 cm³/mol. The maximum absolute atomic E-state index is 8.12. The number of nitrogens with zero attached hydrogens (tertiary/aromatic N) is 1. The van der Waals surface area contributed by atoms with E-state index in [9.17, 15) is 0 Å². The summed E-state index contributed by atoms with van der Waals surface area (Å²) in [5, 5.41) is 2.07. The molecule has 0 amide bonds. The smallest absolute Gasteiger partial charge is 0.252 e. The van der Waals surface area contributed by atoms with E-state index in [0.29, 0.717) is 0 Å². The van der Waals surface area contributed by atoms with E-state index in [1.54, 1.807) is 11.3 Å². The third kappa shape index (κ3) is 2.47. The molecule has 2 heterocycles. The molecule has 2 rings (SSSR count). The van der Waals surface area contributed by atoms with Crippen LogP contribution in [0.5, 0.6) is 0 Å². The van der Waals surface area contributed by atoms with Gasteiger partial charge in [-0.2, -0.15) is 9.59 Å². The summed E-state index contributed by atoms with van der Waals surface area (Å²) in [7, 11) is 0. The van der Waals surface area contributed by atoms with Gasteiger partial charge in [-0.05, 0) is 30.5 Å². The Morgan fingerprint density at radius 3 is 2.69 bits per heavy atom. The number of rotatable bonds is 0. The second-order valence-electron chi connectivity index (χ2n) is 2.34. The molecule has 0 aromatic carbocycles. The number of hydrogen-bond acceptors (Lipinski definition) is 4. The van der Waals surface area contributed by atoms with Crippen LogP contribution in [0.4, 0.5) is 0 Å². The van der Waals surface area contributed by atoms with Crippen LogP contribution in [-0.4, -0.2) is 11.1 Å². The van der Waals surface area contributed by atoms with Crippen LogP contribution < -0.4 is 0 Å². The van der Waals surface area contributed by atoms with Crippen molar-refractivity contribution in [3.05, 3.63) is 29.3 Å². The van der Waals surface area contributed by atoms with Gasteiger partial charge < -0.3 is 0 Å². The zero-order chi connectivity index (χ0) is 9.68. The minimum absolute atomic E-state index is 0.250. The van der Waals surface area contributed by atoms with E-state index in [2.05, 4.69) is 16.4 Å². The van der Waals surface area contributed by atoms with Crippen molar-refractivity contribution in [1.29, 1.82) is 0 Å². The largest absolute Gasteiger partial charge is 0.373 e. The fraction of sp³-hybridized carbons (Fsp3) is 0.111. The molecule has 0 radical (unpaired) electrons. The maximum atomic E-state index is 8.12. The Labute approximate surface area is 79.0 Å². The van der Waals surface area contributed by atoms with E-state index in [0.717, 1.165) is 11.2 Å². The lowest BCUT2D eigenvalue weighted by Gasteiger charge is -1.89. The first-order valence-corrected chi connectivity index (χ1v) is 4.46. The highest BCUT2D eigenvalue weighted by molar-refractivity contribution is 7.17. The molecule has 66 valence electrons. The zero-order valence-corrected chi connectivity index (χ0v) is 7.80. The lowest BCUT2D eigenvalue weighted by atomic mass is 10.3. The van der Waals surface area contributed by atoms with Gasteiger partial charge in [0.25, 0.3) is 0 Å². The molecule has 2 aromatic heterocycles. The lowest BCUT2D eigenvalue weighted by Crippen LogP contribution is -1.76. The van der Waals surface area contributed by atoms with Crippen LogP contribution in [0.1, 0.15) is 5.69 Å². The van der Waals surface area contributed by atoms with E-state index >= 15 is 0 Å². The third-order valence-electron chi connectivity index (χ3n) is 1.45. The van der Waals surface area contributed by atoms with Gasteiger partial charge in [0.2, 0.25) is 0 Å². The second-order valence-corrected chi connectivity index (χ2v) is 3.29. The van der Waals surface area contributed by atoms with E-state index in [1.165, 1.54) is 4.70 Å². The van der Waals surface area contributed by atoms with Gasteiger partial charge in [0.05, 0.1) is 10.2 Å². The summed E-state index contributed by atoms with van der Waals surface area (Å²) < 4.78 is 1.27. The summed E-state index contributed by atoms with van der Waals surface area (Å²) in [5.41, 5.74) is 2.20. The van der Waals surface area contributed by atoms with Crippen molar-refractivity contribution in [2.45, 2.75) is 6.92 Å². The third-order valence-corrected chi connectivity index (χ3v) is 2.32. The Bertz CT molecular complexity index is 430. The molecule has 0 bridgehead atoms. The van der Waals surface area contributed by atoms with E-state index in [-0.39, 0.29) is 6.15 Å². The topological polar surface area (TPSA) is 47.0 Å². The van der Waals surface area contributed by atoms with Crippen LogP contribution in [0.25, 0.3) is 10.2 Å². The van der Waals surface area contributed by atoms with Crippen molar-refractivity contribution < 1.29 is 9.59 Å². The standard InChI is InChI=1S/C8H7NS.CO2/c1-6-2-3-8-7(9-6)4-5-10-8;2-1-3/h2-5H,1H3;. The van der Waals surface area contributed by atoms with Crippen molar-refractivity contribution in [2.24, 2.45) is 0 Å². The fourth-order valence-corrected chi connectivity index (χ4v) is 1.68. The zero-order valence-electron chi connectivity index (χ0n) is 6.98. The van der Waals surface area contributed by atoms with Crippen LogP contribution in [0.2, 0.25) is 0 Å². The highest BCUT2D eigenvalue weighted by Gasteiger charge is 1.93. The molecule has 0 aliphatic heterocycles. The number of aromatic nitrogens is 1. The monoisotopic (exact) mass is 193 g/mol. The first-order valence-electron chi connectivity index (χ1n) is 3.58. The van der Waals surface area contributed by atoms with E-state index < -0.39 is 0 Å². The molecular formula is C9H7NO2S. The quantitative estimate of drug-likeness (QED) is 0.643. The Kier molecular flexibility index (Phi) is 3.31. The summed E-state index contributed by atoms with van der Waals surface area (Å²) in [4.78, 5) is 20.6. The van der Waals surface area contributed by atoms with E-state index in [1.807, 2.05) is 19.1 Å². The molecule has 0 atom stereocenters. The maximum Gasteiger partial charge on any atom is 0.373 e. The van der Waals surface area contributed by atoms with Crippen LogP contribution in [0.15, 0.2) is 23.6 Å². The summed E-state index contributed by atoms with van der Waals surface area (Å²) in [6.45, 7) is 2.01. The molecule has 4 heteroatoms. The van der Waals surface area contributed by atoms with Gasteiger partial charge in [-0.3, -0.25) is 4.98 Å². The number of thiophene rings is 1. The Hall–Kier alpha value is -1.51. The first kappa shape index (κ1) is 9.58. The summed E-state index contributed by atoms with van der Waals surface area (Å²) in [6.07, 6.45) is 0.250. The van der Waals surface area contributed by atoms with Gasteiger partial charge in [0, 0.05) is 5.69 Å². The lowest BCUT2D eigenvalue weighted by molar-refractivity contribution is -0.191. The normalized spacial score (nSPS) is 8.69. The fourth-order valence-electron chi connectivity index (χ4n) is 0.955. The minimum atomic E-state index is 0.250. The molecule has 0 aliphatic carbocycles. The molecule has 0 saturated heterocycles. The Balaban J connectivity index is 0.000000251. The molecule has 2 aromatic rings. The average Bonchev–Trinajstić information content (AvgIpc) is 2.52. The number of pyridine rings is 1. The van der Waals surface area contributed by atoms with Gasteiger partial charge in [-0.25, -0.2) is 0 Å². The molecule has 0 spiro atoms. The van der Waals surface area contributed by atoms with Crippen molar-refractivity contribution in [1.82, 2.24) is 4.98 Å². The van der Waals surface area contributed by atoms with Gasteiger partial charge in [0.1, 0.15) is 0 Å². The predicted octanol–water partition coefficient (Wildman–Crippen LogP) is 2.02. The van der Waals surface area contributed by atoms with Crippen molar-refractivity contribution in [2.75, 3.05) is 0 Å².